The largest absolute Gasteiger partial charge is 0.496 e. The van der Waals surface area contributed by atoms with Crippen molar-refractivity contribution < 1.29 is 9.53 Å². The fourth-order valence-electron chi connectivity index (χ4n) is 1.94. The molecule has 0 N–H and O–H groups in total. The van der Waals surface area contributed by atoms with Crippen LogP contribution in [-0.4, -0.2) is 12.9 Å². The van der Waals surface area contributed by atoms with Crippen molar-refractivity contribution in [1.82, 2.24) is 0 Å². The van der Waals surface area contributed by atoms with Gasteiger partial charge in [-0.15, -0.1) is 0 Å². The van der Waals surface area contributed by atoms with E-state index < -0.39 is 0 Å². The number of hydrogen-bond acceptors (Lipinski definition) is 2. The maximum absolute atomic E-state index is 12.2. The van der Waals surface area contributed by atoms with Crippen LogP contribution in [0.4, 0.5) is 0 Å². The molecule has 0 aromatic heterocycles. The van der Waals surface area contributed by atoms with Crippen molar-refractivity contribution in [3.63, 3.8) is 0 Å². The second-order valence-electron chi connectivity index (χ2n) is 4.28. The topological polar surface area (TPSA) is 26.3 Å². The van der Waals surface area contributed by atoms with Crippen LogP contribution in [0.2, 0.25) is 0 Å². The summed E-state index contributed by atoms with van der Waals surface area (Å²) >= 11 is 0. The Morgan fingerprint density at radius 3 is 2.61 bits per heavy atom. The van der Waals surface area contributed by atoms with Crippen LogP contribution in [0.3, 0.4) is 0 Å². The predicted molar refractivity (Wildman–Crippen MR) is 72.2 cm³/mol. The Kier molecular flexibility index (Phi) is 3.78. The van der Waals surface area contributed by atoms with Gasteiger partial charge in [0.15, 0.2) is 5.78 Å². The van der Waals surface area contributed by atoms with Gasteiger partial charge in [-0.05, 0) is 19.1 Å². The fraction of sp³-hybridized carbons (Fsp3) is 0.188. The number of Topliss-reactive ketones (excluding diaryl/α,β-unsaturated/α-hetero) is 1. The Labute approximate surface area is 107 Å². The molecular formula is C16H16O2. The molecule has 0 amide bonds. The van der Waals surface area contributed by atoms with E-state index in [0.29, 0.717) is 6.42 Å². The molecule has 0 saturated heterocycles. The molecule has 2 nitrogen and oxygen atoms in total. The van der Waals surface area contributed by atoms with E-state index in [2.05, 4.69) is 0 Å². The highest BCUT2D eigenvalue weighted by atomic mass is 16.5. The molecule has 0 saturated carbocycles. The van der Waals surface area contributed by atoms with Gasteiger partial charge in [-0.1, -0.05) is 42.0 Å². The summed E-state index contributed by atoms with van der Waals surface area (Å²) in [5.74, 6) is 0.877. The number of carbonyl (C=O) groups excluding carboxylic acids is 1. The normalized spacial score (nSPS) is 10.1. The first-order valence-corrected chi connectivity index (χ1v) is 5.92. The Balaban J connectivity index is 2.21. The highest BCUT2D eigenvalue weighted by Crippen LogP contribution is 2.19. The van der Waals surface area contributed by atoms with Crippen LogP contribution >= 0.6 is 0 Å². The van der Waals surface area contributed by atoms with E-state index in [1.807, 2.05) is 55.5 Å². The molecule has 0 spiro atoms. The zero-order valence-electron chi connectivity index (χ0n) is 10.6. The predicted octanol–water partition coefficient (Wildman–Crippen LogP) is 3.43. The number of hydrogen-bond donors (Lipinski definition) is 0. The minimum Gasteiger partial charge on any atom is -0.496 e. The first kappa shape index (κ1) is 12.4. The van der Waals surface area contributed by atoms with Crippen LogP contribution in [0.1, 0.15) is 21.5 Å². The molecule has 0 aliphatic carbocycles. The van der Waals surface area contributed by atoms with Gasteiger partial charge in [-0.3, -0.25) is 4.79 Å². The number of carbonyl (C=O) groups is 1. The number of rotatable bonds is 4. The average molecular weight is 240 g/mol. The van der Waals surface area contributed by atoms with E-state index in [1.54, 1.807) is 7.11 Å². The van der Waals surface area contributed by atoms with Crippen molar-refractivity contribution in [2.75, 3.05) is 7.11 Å². The van der Waals surface area contributed by atoms with Gasteiger partial charge in [0.1, 0.15) is 5.75 Å². The zero-order chi connectivity index (χ0) is 13.0. The Hall–Kier alpha value is -2.09. The van der Waals surface area contributed by atoms with E-state index in [-0.39, 0.29) is 5.78 Å². The maximum Gasteiger partial charge on any atom is 0.167 e. The summed E-state index contributed by atoms with van der Waals surface area (Å²) in [7, 11) is 1.62. The van der Waals surface area contributed by atoms with Crippen LogP contribution < -0.4 is 4.74 Å². The summed E-state index contributed by atoms with van der Waals surface area (Å²) in [5, 5.41) is 0. The molecule has 18 heavy (non-hydrogen) atoms. The lowest BCUT2D eigenvalue weighted by Gasteiger charge is -2.07. The van der Waals surface area contributed by atoms with Crippen LogP contribution in [0.25, 0.3) is 0 Å². The second kappa shape index (κ2) is 5.50. The summed E-state index contributed by atoms with van der Waals surface area (Å²) in [4.78, 5) is 12.2. The van der Waals surface area contributed by atoms with E-state index >= 15 is 0 Å². The average Bonchev–Trinajstić information content (AvgIpc) is 2.39. The SMILES string of the molecule is COc1ccccc1CC(=O)c1cccc(C)c1. The van der Waals surface area contributed by atoms with Crippen molar-refractivity contribution in [2.24, 2.45) is 0 Å². The highest BCUT2D eigenvalue weighted by molar-refractivity contribution is 5.97. The van der Waals surface area contributed by atoms with Crippen molar-refractivity contribution in [3.8, 4) is 5.75 Å². The van der Waals surface area contributed by atoms with Gasteiger partial charge in [0.05, 0.1) is 7.11 Å². The van der Waals surface area contributed by atoms with Gasteiger partial charge >= 0.3 is 0 Å². The molecule has 2 aromatic carbocycles. The lowest BCUT2D eigenvalue weighted by molar-refractivity contribution is 0.0992. The number of benzene rings is 2. The molecule has 0 radical (unpaired) electrons. The molecule has 0 bridgehead atoms. The third kappa shape index (κ3) is 2.77. The molecule has 2 aromatic rings. The smallest absolute Gasteiger partial charge is 0.167 e. The zero-order valence-corrected chi connectivity index (χ0v) is 10.6. The van der Waals surface area contributed by atoms with E-state index in [1.165, 1.54) is 0 Å². The Morgan fingerprint density at radius 2 is 1.89 bits per heavy atom. The van der Waals surface area contributed by atoms with Crippen LogP contribution in [0.5, 0.6) is 5.75 Å². The number of ether oxygens (including phenoxy) is 1. The first-order chi connectivity index (χ1) is 8.70. The quantitative estimate of drug-likeness (QED) is 0.765. The van der Waals surface area contributed by atoms with Gasteiger partial charge in [0.2, 0.25) is 0 Å². The summed E-state index contributed by atoms with van der Waals surface area (Å²) < 4.78 is 5.25. The van der Waals surface area contributed by atoms with E-state index in [4.69, 9.17) is 4.74 Å². The van der Waals surface area contributed by atoms with Gasteiger partial charge < -0.3 is 4.74 Å². The van der Waals surface area contributed by atoms with Gasteiger partial charge in [-0.2, -0.15) is 0 Å². The molecular weight excluding hydrogens is 224 g/mol. The molecule has 2 heteroatoms. The minimum absolute atomic E-state index is 0.114. The van der Waals surface area contributed by atoms with Crippen molar-refractivity contribution in [1.29, 1.82) is 0 Å². The van der Waals surface area contributed by atoms with E-state index in [0.717, 1.165) is 22.4 Å². The summed E-state index contributed by atoms with van der Waals surface area (Å²) in [5.41, 5.74) is 2.77. The highest BCUT2D eigenvalue weighted by Gasteiger charge is 2.10. The third-order valence-corrected chi connectivity index (χ3v) is 2.88. The fourth-order valence-corrected chi connectivity index (χ4v) is 1.94. The van der Waals surface area contributed by atoms with E-state index in [9.17, 15) is 4.79 Å². The van der Waals surface area contributed by atoms with Gasteiger partial charge in [-0.25, -0.2) is 0 Å². The summed E-state index contributed by atoms with van der Waals surface area (Å²) in [6.07, 6.45) is 0.369. The van der Waals surface area contributed by atoms with Gasteiger partial charge in [0.25, 0.3) is 0 Å². The number of ketones is 1. The lowest BCUT2D eigenvalue weighted by Crippen LogP contribution is -2.05. The molecule has 0 fully saturated rings. The lowest BCUT2D eigenvalue weighted by atomic mass is 10.0. The monoisotopic (exact) mass is 240 g/mol. The van der Waals surface area contributed by atoms with Crippen molar-refractivity contribution in [3.05, 3.63) is 65.2 Å². The molecule has 0 heterocycles. The van der Waals surface area contributed by atoms with Crippen LogP contribution in [-0.2, 0) is 6.42 Å². The molecule has 0 unspecified atom stereocenters. The van der Waals surface area contributed by atoms with Crippen LogP contribution in [0, 0.1) is 6.92 Å². The standard InChI is InChI=1S/C16H16O2/c1-12-6-5-8-13(10-12)15(17)11-14-7-3-4-9-16(14)18-2/h3-10H,11H2,1-2H3. The maximum atomic E-state index is 12.2. The molecule has 0 aliphatic rings. The first-order valence-electron chi connectivity index (χ1n) is 5.92. The van der Waals surface area contributed by atoms with Crippen molar-refractivity contribution >= 4 is 5.78 Å². The minimum atomic E-state index is 0.114. The molecule has 0 atom stereocenters. The summed E-state index contributed by atoms with van der Waals surface area (Å²) in [6, 6.07) is 15.3. The molecule has 2 rings (SSSR count). The second-order valence-corrected chi connectivity index (χ2v) is 4.28. The van der Waals surface area contributed by atoms with Crippen molar-refractivity contribution in [2.45, 2.75) is 13.3 Å². The number of para-hydroxylation sites is 1. The van der Waals surface area contributed by atoms with Crippen LogP contribution in [0.15, 0.2) is 48.5 Å². The molecule has 0 aliphatic heterocycles. The molecule has 92 valence electrons. The number of aryl methyl sites for hydroxylation is 1. The Bertz CT molecular complexity index is 559. The number of methoxy groups -OCH3 is 1. The third-order valence-electron chi connectivity index (χ3n) is 2.88. The Morgan fingerprint density at radius 1 is 1.11 bits per heavy atom. The van der Waals surface area contributed by atoms with Gasteiger partial charge in [0, 0.05) is 17.5 Å². The summed E-state index contributed by atoms with van der Waals surface area (Å²) in [6.45, 7) is 1.99.